The maximum Gasteiger partial charge on any atom is 0.141 e. The molecule has 5 heteroatoms. The van der Waals surface area contributed by atoms with Crippen LogP contribution in [0.15, 0.2) is 30.3 Å². The smallest absolute Gasteiger partial charge is 0.141 e. The Morgan fingerprint density at radius 2 is 1.76 bits per heavy atom. The first-order valence-electron chi connectivity index (χ1n) is 6.35. The fraction of sp³-hybridized carbons (Fsp3) is 0.188. The Hall–Kier alpha value is -1.78. The molecule has 0 aromatic heterocycles. The summed E-state index contributed by atoms with van der Waals surface area (Å²) in [4.78, 5) is 0.275. The standard InChI is InChI=1S/C16H16ClNO2S/c1-9-6-11(17)7-10(2)15(9)20-14-8-12(19-3)4-5-13(14)16(18)21/h4-8H,1-3H3,(H2,18,21). The average molecular weight is 322 g/mol. The second-order valence-electron chi connectivity index (χ2n) is 4.70. The zero-order valence-corrected chi connectivity index (χ0v) is 13.6. The summed E-state index contributed by atoms with van der Waals surface area (Å²) in [5.41, 5.74) is 8.30. The summed E-state index contributed by atoms with van der Waals surface area (Å²) in [5, 5.41) is 0.678. The number of rotatable bonds is 4. The van der Waals surface area contributed by atoms with E-state index in [-0.39, 0.29) is 4.99 Å². The monoisotopic (exact) mass is 321 g/mol. The third kappa shape index (κ3) is 3.46. The summed E-state index contributed by atoms with van der Waals surface area (Å²) in [5.74, 6) is 1.98. The quantitative estimate of drug-likeness (QED) is 0.848. The lowest BCUT2D eigenvalue weighted by Crippen LogP contribution is -2.11. The van der Waals surface area contributed by atoms with Crippen LogP contribution in [-0.2, 0) is 0 Å². The Bertz CT molecular complexity index is 678. The third-order valence-corrected chi connectivity index (χ3v) is 3.53. The lowest BCUT2D eigenvalue weighted by molar-refractivity contribution is 0.408. The Kier molecular flexibility index (Phi) is 4.70. The van der Waals surface area contributed by atoms with Crippen LogP contribution in [0.5, 0.6) is 17.2 Å². The summed E-state index contributed by atoms with van der Waals surface area (Å²) in [6.07, 6.45) is 0. The molecule has 0 saturated heterocycles. The fourth-order valence-corrected chi connectivity index (χ4v) is 2.58. The topological polar surface area (TPSA) is 44.5 Å². The molecule has 2 aromatic carbocycles. The number of benzene rings is 2. The molecule has 3 nitrogen and oxygen atoms in total. The zero-order chi connectivity index (χ0) is 15.6. The van der Waals surface area contributed by atoms with Crippen molar-refractivity contribution in [1.82, 2.24) is 0 Å². The van der Waals surface area contributed by atoms with Crippen molar-refractivity contribution in [3.8, 4) is 17.2 Å². The molecule has 0 heterocycles. The van der Waals surface area contributed by atoms with Crippen molar-refractivity contribution in [2.45, 2.75) is 13.8 Å². The third-order valence-electron chi connectivity index (χ3n) is 3.09. The highest BCUT2D eigenvalue weighted by Gasteiger charge is 2.13. The molecule has 2 aromatic rings. The Labute approximate surface area is 134 Å². The largest absolute Gasteiger partial charge is 0.497 e. The van der Waals surface area contributed by atoms with Crippen molar-refractivity contribution >= 4 is 28.8 Å². The summed E-state index contributed by atoms with van der Waals surface area (Å²) in [6.45, 7) is 3.88. The molecule has 0 fully saturated rings. The highest BCUT2D eigenvalue weighted by atomic mass is 35.5. The predicted octanol–water partition coefficient (Wildman–Crippen LogP) is 4.39. The Morgan fingerprint density at radius 3 is 2.29 bits per heavy atom. The van der Waals surface area contributed by atoms with Crippen molar-refractivity contribution in [3.63, 3.8) is 0 Å². The Morgan fingerprint density at radius 1 is 1.14 bits per heavy atom. The minimum Gasteiger partial charge on any atom is -0.497 e. The Balaban J connectivity index is 2.50. The van der Waals surface area contributed by atoms with E-state index in [9.17, 15) is 0 Å². The molecular formula is C16H16ClNO2S. The van der Waals surface area contributed by atoms with Crippen LogP contribution in [0.3, 0.4) is 0 Å². The molecular weight excluding hydrogens is 306 g/mol. The molecule has 2 rings (SSSR count). The van der Waals surface area contributed by atoms with E-state index in [1.54, 1.807) is 25.3 Å². The highest BCUT2D eigenvalue weighted by molar-refractivity contribution is 7.80. The maximum atomic E-state index is 6.04. The van der Waals surface area contributed by atoms with E-state index in [2.05, 4.69) is 0 Å². The van der Waals surface area contributed by atoms with Gasteiger partial charge in [0.25, 0.3) is 0 Å². The first kappa shape index (κ1) is 15.6. The number of thiocarbonyl (C=S) groups is 1. The van der Waals surface area contributed by atoms with Crippen LogP contribution in [0.25, 0.3) is 0 Å². The van der Waals surface area contributed by atoms with Gasteiger partial charge in [-0.2, -0.15) is 0 Å². The van der Waals surface area contributed by atoms with Gasteiger partial charge < -0.3 is 15.2 Å². The molecule has 0 atom stereocenters. The predicted molar refractivity (Wildman–Crippen MR) is 89.9 cm³/mol. The van der Waals surface area contributed by atoms with Crippen molar-refractivity contribution in [3.05, 3.63) is 52.0 Å². The maximum absolute atomic E-state index is 6.04. The van der Waals surface area contributed by atoms with E-state index in [1.165, 1.54) is 0 Å². The summed E-state index contributed by atoms with van der Waals surface area (Å²) < 4.78 is 11.2. The van der Waals surface area contributed by atoms with Gasteiger partial charge in [0.05, 0.1) is 12.7 Å². The summed E-state index contributed by atoms with van der Waals surface area (Å²) in [7, 11) is 1.60. The molecule has 110 valence electrons. The van der Waals surface area contributed by atoms with Gasteiger partial charge in [0.1, 0.15) is 22.2 Å². The van der Waals surface area contributed by atoms with E-state index >= 15 is 0 Å². The molecule has 0 aliphatic rings. The first-order chi connectivity index (χ1) is 9.92. The molecule has 0 bridgehead atoms. The normalized spacial score (nSPS) is 10.3. The van der Waals surface area contributed by atoms with Crippen LogP contribution in [0.1, 0.15) is 16.7 Å². The number of ether oxygens (including phenoxy) is 2. The minimum absolute atomic E-state index is 0.275. The van der Waals surface area contributed by atoms with Crippen LogP contribution in [0.4, 0.5) is 0 Å². The summed E-state index contributed by atoms with van der Waals surface area (Å²) >= 11 is 11.1. The van der Waals surface area contributed by atoms with E-state index in [0.717, 1.165) is 16.9 Å². The molecule has 0 radical (unpaired) electrons. The first-order valence-corrected chi connectivity index (χ1v) is 7.13. The minimum atomic E-state index is 0.275. The lowest BCUT2D eigenvalue weighted by atomic mass is 10.1. The van der Waals surface area contributed by atoms with Gasteiger partial charge in [-0.15, -0.1) is 0 Å². The molecule has 21 heavy (non-hydrogen) atoms. The molecule has 0 saturated carbocycles. The number of halogens is 1. The van der Waals surface area contributed by atoms with Crippen molar-refractivity contribution in [1.29, 1.82) is 0 Å². The molecule has 0 unspecified atom stereocenters. The van der Waals surface area contributed by atoms with Gasteiger partial charge in [0, 0.05) is 11.1 Å². The zero-order valence-electron chi connectivity index (χ0n) is 12.1. The van der Waals surface area contributed by atoms with E-state index in [1.807, 2.05) is 26.0 Å². The van der Waals surface area contributed by atoms with Gasteiger partial charge in [0.15, 0.2) is 0 Å². The number of methoxy groups -OCH3 is 1. The van der Waals surface area contributed by atoms with E-state index in [0.29, 0.717) is 22.1 Å². The van der Waals surface area contributed by atoms with Crippen LogP contribution < -0.4 is 15.2 Å². The van der Waals surface area contributed by atoms with E-state index in [4.69, 9.17) is 39.0 Å². The van der Waals surface area contributed by atoms with Crippen LogP contribution in [0.2, 0.25) is 5.02 Å². The van der Waals surface area contributed by atoms with E-state index < -0.39 is 0 Å². The lowest BCUT2D eigenvalue weighted by Gasteiger charge is -2.15. The molecule has 2 N–H and O–H groups in total. The van der Waals surface area contributed by atoms with Crippen LogP contribution >= 0.6 is 23.8 Å². The van der Waals surface area contributed by atoms with Crippen molar-refractivity contribution in [2.75, 3.05) is 7.11 Å². The molecule has 0 aliphatic heterocycles. The van der Waals surface area contributed by atoms with Gasteiger partial charge in [-0.25, -0.2) is 0 Å². The van der Waals surface area contributed by atoms with Crippen LogP contribution in [0, 0.1) is 13.8 Å². The number of nitrogens with two attached hydrogens (primary N) is 1. The molecule has 0 aliphatic carbocycles. The molecule has 0 amide bonds. The van der Waals surface area contributed by atoms with Gasteiger partial charge in [0.2, 0.25) is 0 Å². The van der Waals surface area contributed by atoms with Gasteiger partial charge in [-0.3, -0.25) is 0 Å². The number of hydrogen-bond acceptors (Lipinski definition) is 3. The van der Waals surface area contributed by atoms with Gasteiger partial charge in [-0.05, 0) is 49.2 Å². The van der Waals surface area contributed by atoms with Gasteiger partial charge in [-0.1, -0.05) is 23.8 Å². The number of hydrogen-bond donors (Lipinski definition) is 1. The highest BCUT2D eigenvalue weighted by Crippen LogP contribution is 2.34. The second-order valence-corrected chi connectivity index (χ2v) is 5.57. The summed E-state index contributed by atoms with van der Waals surface area (Å²) in [6, 6.07) is 9.05. The average Bonchev–Trinajstić information content (AvgIpc) is 2.42. The fourth-order valence-electron chi connectivity index (χ4n) is 2.09. The number of aryl methyl sites for hydroxylation is 2. The second kappa shape index (κ2) is 6.33. The SMILES string of the molecule is COc1ccc(C(N)=S)c(Oc2c(C)cc(Cl)cc2C)c1. The van der Waals surface area contributed by atoms with Gasteiger partial charge >= 0.3 is 0 Å². The van der Waals surface area contributed by atoms with Crippen molar-refractivity contribution < 1.29 is 9.47 Å². The molecule has 0 spiro atoms. The van der Waals surface area contributed by atoms with Crippen molar-refractivity contribution in [2.24, 2.45) is 5.73 Å². The van der Waals surface area contributed by atoms with Crippen LogP contribution in [-0.4, -0.2) is 12.1 Å².